The molecule has 140 valence electrons. The maximum atomic E-state index is 11.0. The van der Waals surface area contributed by atoms with Gasteiger partial charge < -0.3 is 9.84 Å². The zero-order valence-electron chi connectivity index (χ0n) is 15.8. The second-order valence-electron chi connectivity index (χ2n) is 6.69. The van der Waals surface area contributed by atoms with Gasteiger partial charge in [0.1, 0.15) is 5.75 Å². The minimum atomic E-state index is -0.768. The van der Waals surface area contributed by atoms with Gasteiger partial charge in [0, 0.05) is 19.6 Å². The summed E-state index contributed by atoms with van der Waals surface area (Å²) in [6, 6.07) is 16.4. The van der Waals surface area contributed by atoms with Gasteiger partial charge in [0.25, 0.3) is 0 Å². The summed E-state index contributed by atoms with van der Waals surface area (Å²) in [5, 5.41) is 9.06. The molecule has 0 saturated heterocycles. The smallest absolute Gasteiger partial charge is 0.304 e. The quantitative estimate of drug-likeness (QED) is 0.596. The van der Waals surface area contributed by atoms with E-state index in [1.165, 1.54) is 11.1 Å². The third kappa shape index (κ3) is 7.28. The van der Waals surface area contributed by atoms with E-state index in [0.717, 1.165) is 37.3 Å². The number of benzene rings is 2. The predicted molar refractivity (Wildman–Crippen MR) is 104 cm³/mol. The SMILES string of the molecule is CCCCOc1cccc(CN(CCC(=O)O)Cc2cccc(C)c2)c1. The molecule has 2 aromatic carbocycles. The van der Waals surface area contributed by atoms with Crippen molar-refractivity contribution in [3.8, 4) is 5.75 Å². The Kier molecular flexibility index (Phi) is 8.16. The number of hydrogen-bond acceptors (Lipinski definition) is 3. The van der Waals surface area contributed by atoms with Crippen molar-refractivity contribution >= 4 is 5.97 Å². The molecule has 0 spiro atoms. The Bertz CT molecular complexity index is 699. The first-order valence-electron chi connectivity index (χ1n) is 9.28. The lowest BCUT2D eigenvalue weighted by Crippen LogP contribution is -2.25. The van der Waals surface area contributed by atoms with Crippen molar-refractivity contribution in [1.29, 1.82) is 0 Å². The van der Waals surface area contributed by atoms with Crippen molar-refractivity contribution in [3.63, 3.8) is 0 Å². The third-order valence-corrected chi connectivity index (χ3v) is 4.20. The minimum Gasteiger partial charge on any atom is -0.494 e. The number of carboxylic acid groups (broad SMARTS) is 1. The van der Waals surface area contributed by atoms with Gasteiger partial charge in [0.15, 0.2) is 0 Å². The van der Waals surface area contributed by atoms with Crippen molar-refractivity contribution in [2.45, 2.75) is 46.2 Å². The van der Waals surface area contributed by atoms with Gasteiger partial charge in [0.2, 0.25) is 0 Å². The fraction of sp³-hybridized carbons (Fsp3) is 0.409. The van der Waals surface area contributed by atoms with Crippen LogP contribution in [0.1, 0.15) is 42.9 Å². The van der Waals surface area contributed by atoms with Gasteiger partial charge in [-0.25, -0.2) is 0 Å². The molecule has 0 unspecified atom stereocenters. The first kappa shape index (κ1) is 20.0. The van der Waals surface area contributed by atoms with Crippen LogP contribution in [0.15, 0.2) is 48.5 Å². The Morgan fingerprint density at radius 1 is 1.08 bits per heavy atom. The van der Waals surface area contributed by atoms with Gasteiger partial charge in [-0.2, -0.15) is 0 Å². The fourth-order valence-electron chi connectivity index (χ4n) is 2.86. The Labute approximate surface area is 156 Å². The predicted octanol–water partition coefficient (Wildman–Crippen LogP) is 4.65. The fourth-order valence-corrected chi connectivity index (χ4v) is 2.86. The van der Waals surface area contributed by atoms with Crippen LogP contribution in [0.5, 0.6) is 5.75 Å². The summed E-state index contributed by atoms with van der Waals surface area (Å²) in [6.45, 7) is 6.89. The molecule has 1 N–H and O–H groups in total. The molecule has 2 aromatic rings. The molecule has 0 saturated carbocycles. The Morgan fingerprint density at radius 3 is 2.42 bits per heavy atom. The lowest BCUT2D eigenvalue weighted by Gasteiger charge is -2.22. The molecule has 0 aliphatic heterocycles. The number of aliphatic carboxylic acids is 1. The molecule has 0 fully saturated rings. The van der Waals surface area contributed by atoms with Gasteiger partial charge in [-0.15, -0.1) is 0 Å². The summed E-state index contributed by atoms with van der Waals surface area (Å²) < 4.78 is 5.79. The maximum absolute atomic E-state index is 11.0. The van der Waals surface area contributed by atoms with Crippen molar-refractivity contribution in [3.05, 3.63) is 65.2 Å². The minimum absolute atomic E-state index is 0.137. The molecule has 0 radical (unpaired) electrons. The van der Waals surface area contributed by atoms with Crippen LogP contribution in [0.4, 0.5) is 0 Å². The molecule has 0 bridgehead atoms. The Morgan fingerprint density at radius 2 is 1.77 bits per heavy atom. The van der Waals surface area contributed by atoms with E-state index in [1.54, 1.807) is 0 Å². The molecular weight excluding hydrogens is 326 g/mol. The number of aryl methyl sites for hydroxylation is 1. The van der Waals surface area contributed by atoms with Crippen LogP contribution in [0.25, 0.3) is 0 Å². The van der Waals surface area contributed by atoms with E-state index in [-0.39, 0.29) is 6.42 Å². The van der Waals surface area contributed by atoms with Gasteiger partial charge in [-0.05, 0) is 36.6 Å². The van der Waals surface area contributed by atoms with Gasteiger partial charge in [-0.1, -0.05) is 55.3 Å². The van der Waals surface area contributed by atoms with Crippen molar-refractivity contribution in [2.75, 3.05) is 13.2 Å². The van der Waals surface area contributed by atoms with E-state index in [0.29, 0.717) is 13.1 Å². The third-order valence-electron chi connectivity index (χ3n) is 4.20. The molecule has 0 amide bonds. The van der Waals surface area contributed by atoms with Crippen molar-refractivity contribution in [2.24, 2.45) is 0 Å². The van der Waals surface area contributed by atoms with Crippen LogP contribution < -0.4 is 4.74 Å². The molecule has 0 aromatic heterocycles. The number of carboxylic acids is 1. The monoisotopic (exact) mass is 355 g/mol. The molecule has 2 rings (SSSR count). The highest BCUT2D eigenvalue weighted by Crippen LogP contribution is 2.17. The zero-order chi connectivity index (χ0) is 18.8. The number of hydrogen-bond donors (Lipinski definition) is 1. The highest BCUT2D eigenvalue weighted by molar-refractivity contribution is 5.66. The molecule has 4 heteroatoms. The number of carbonyl (C=O) groups is 1. The second-order valence-corrected chi connectivity index (χ2v) is 6.69. The molecule has 0 atom stereocenters. The average molecular weight is 355 g/mol. The first-order valence-corrected chi connectivity index (χ1v) is 9.28. The number of rotatable bonds is 11. The summed E-state index contributed by atoms with van der Waals surface area (Å²) >= 11 is 0. The lowest BCUT2D eigenvalue weighted by atomic mass is 10.1. The van der Waals surface area contributed by atoms with Crippen LogP contribution in [0, 0.1) is 6.92 Å². The van der Waals surface area contributed by atoms with Crippen molar-refractivity contribution in [1.82, 2.24) is 4.90 Å². The van der Waals surface area contributed by atoms with E-state index in [2.05, 4.69) is 49.1 Å². The van der Waals surface area contributed by atoms with Crippen LogP contribution in [-0.4, -0.2) is 29.1 Å². The molecule has 0 aliphatic rings. The zero-order valence-corrected chi connectivity index (χ0v) is 15.8. The largest absolute Gasteiger partial charge is 0.494 e. The highest BCUT2D eigenvalue weighted by atomic mass is 16.5. The Balaban J connectivity index is 2.05. The molecular formula is C22H29NO3. The van der Waals surface area contributed by atoms with Crippen molar-refractivity contribution < 1.29 is 14.6 Å². The van der Waals surface area contributed by atoms with Gasteiger partial charge in [-0.3, -0.25) is 9.69 Å². The van der Waals surface area contributed by atoms with Crippen LogP contribution in [-0.2, 0) is 17.9 Å². The second kappa shape index (κ2) is 10.6. The molecule has 26 heavy (non-hydrogen) atoms. The highest BCUT2D eigenvalue weighted by Gasteiger charge is 2.10. The van der Waals surface area contributed by atoms with E-state index < -0.39 is 5.97 Å². The van der Waals surface area contributed by atoms with E-state index in [4.69, 9.17) is 9.84 Å². The summed E-state index contributed by atoms with van der Waals surface area (Å²) in [7, 11) is 0. The lowest BCUT2D eigenvalue weighted by molar-refractivity contribution is -0.137. The summed E-state index contributed by atoms with van der Waals surface area (Å²) in [4.78, 5) is 13.2. The normalized spacial score (nSPS) is 10.9. The first-order chi connectivity index (χ1) is 12.6. The van der Waals surface area contributed by atoms with E-state index in [9.17, 15) is 4.79 Å². The van der Waals surface area contributed by atoms with E-state index >= 15 is 0 Å². The summed E-state index contributed by atoms with van der Waals surface area (Å²) in [6.07, 6.45) is 2.29. The molecule has 4 nitrogen and oxygen atoms in total. The number of ether oxygens (including phenoxy) is 1. The standard InChI is InChI=1S/C22H29NO3/c1-3-4-13-26-21-10-6-9-20(15-21)17-23(12-11-22(24)25)16-19-8-5-7-18(2)14-19/h5-10,14-15H,3-4,11-13,16-17H2,1-2H3,(H,24,25). The number of nitrogens with zero attached hydrogens (tertiary/aromatic N) is 1. The van der Waals surface area contributed by atoms with Gasteiger partial charge >= 0.3 is 5.97 Å². The van der Waals surface area contributed by atoms with Gasteiger partial charge in [0.05, 0.1) is 13.0 Å². The van der Waals surface area contributed by atoms with Crippen LogP contribution in [0.3, 0.4) is 0 Å². The van der Waals surface area contributed by atoms with E-state index in [1.807, 2.05) is 18.2 Å². The maximum Gasteiger partial charge on any atom is 0.304 e. The molecule has 0 heterocycles. The average Bonchev–Trinajstić information content (AvgIpc) is 2.60. The molecule has 0 aliphatic carbocycles. The van der Waals surface area contributed by atoms with Crippen LogP contribution in [0.2, 0.25) is 0 Å². The summed E-state index contributed by atoms with van der Waals surface area (Å²) in [5.74, 6) is 0.112. The summed E-state index contributed by atoms with van der Waals surface area (Å²) in [5.41, 5.74) is 3.55. The van der Waals surface area contributed by atoms with Crippen LogP contribution >= 0.6 is 0 Å². The topological polar surface area (TPSA) is 49.8 Å². The number of unbranched alkanes of at least 4 members (excludes halogenated alkanes) is 1. The Hall–Kier alpha value is -2.33.